The molecular formula is C12H15NO6S2. The van der Waals surface area contributed by atoms with Crippen LogP contribution in [0.4, 0.5) is 0 Å². The van der Waals surface area contributed by atoms with Crippen molar-refractivity contribution >= 4 is 25.8 Å². The van der Waals surface area contributed by atoms with E-state index in [0.29, 0.717) is 0 Å². The van der Waals surface area contributed by atoms with Crippen LogP contribution in [0.25, 0.3) is 0 Å². The normalized spacial score (nSPS) is 17.4. The number of sulfonamides is 1. The zero-order valence-corrected chi connectivity index (χ0v) is 12.9. The molecule has 0 amide bonds. The molecule has 1 aliphatic rings. The van der Waals surface area contributed by atoms with Gasteiger partial charge in [-0.25, -0.2) is 16.8 Å². The van der Waals surface area contributed by atoms with Gasteiger partial charge in [0.1, 0.15) is 0 Å². The standard InChI is InChI=1S/C12H15NO6S2/c1-20(16,17)10-2-4-11(5-3-10)21(18,19)13-7-9(8-13)6-12(14)15/h2-5,9H,6-8H2,1H3,(H,14,15). The first-order chi connectivity index (χ1) is 9.60. The molecule has 7 nitrogen and oxygen atoms in total. The molecule has 21 heavy (non-hydrogen) atoms. The fourth-order valence-corrected chi connectivity index (χ4v) is 4.33. The lowest BCUT2D eigenvalue weighted by atomic mass is 10.00. The fraction of sp³-hybridized carbons (Fsp3) is 0.417. The summed E-state index contributed by atoms with van der Waals surface area (Å²) in [5, 5.41) is 8.64. The molecule has 116 valence electrons. The summed E-state index contributed by atoms with van der Waals surface area (Å²) in [5.41, 5.74) is 0. The third kappa shape index (κ3) is 3.42. The molecule has 0 aromatic heterocycles. The van der Waals surface area contributed by atoms with Crippen molar-refractivity contribution in [2.24, 2.45) is 5.92 Å². The quantitative estimate of drug-likeness (QED) is 0.823. The van der Waals surface area contributed by atoms with E-state index in [9.17, 15) is 21.6 Å². The second kappa shape index (κ2) is 5.39. The molecule has 0 radical (unpaired) electrons. The van der Waals surface area contributed by atoms with Gasteiger partial charge in [-0.05, 0) is 30.2 Å². The van der Waals surface area contributed by atoms with Crippen molar-refractivity contribution in [3.05, 3.63) is 24.3 Å². The molecular weight excluding hydrogens is 318 g/mol. The average molecular weight is 333 g/mol. The van der Waals surface area contributed by atoms with Gasteiger partial charge in [0.25, 0.3) is 0 Å². The predicted molar refractivity (Wildman–Crippen MR) is 74.1 cm³/mol. The molecule has 0 unspecified atom stereocenters. The van der Waals surface area contributed by atoms with E-state index < -0.39 is 25.8 Å². The number of sulfone groups is 1. The third-order valence-electron chi connectivity index (χ3n) is 3.28. The summed E-state index contributed by atoms with van der Waals surface area (Å²) in [4.78, 5) is 10.6. The molecule has 2 rings (SSSR count). The molecule has 0 spiro atoms. The number of aliphatic carboxylic acids is 1. The Labute approximate surface area is 123 Å². The molecule has 1 N–H and O–H groups in total. The van der Waals surface area contributed by atoms with Crippen molar-refractivity contribution in [1.29, 1.82) is 0 Å². The van der Waals surface area contributed by atoms with Crippen LogP contribution in [0, 0.1) is 5.92 Å². The minimum atomic E-state index is -3.69. The smallest absolute Gasteiger partial charge is 0.303 e. The van der Waals surface area contributed by atoms with Crippen molar-refractivity contribution in [2.75, 3.05) is 19.3 Å². The summed E-state index contributed by atoms with van der Waals surface area (Å²) in [5.74, 6) is -1.12. The molecule has 1 aromatic rings. The molecule has 1 fully saturated rings. The van der Waals surface area contributed by atoms with Crippen LogP contribution >= 0.6 is 0 Å². The van der Waals surface area contributed by atoms with Gasteiger partial charge in [0.2, 0.25) is 10.0 Å². The Kier molecular flexibility index (Phi) is 4.09. The summed E-state index contributed by atoms with van der Waals surface area (Å²) >= 11 is 0. The van der Waals surface area contributed by atoms with Gasteiger partial charge in [-0.15, -0.1) is 0 Å². The first kappa shape index (κ1) is 15.9. The van der Waals surface area contributed by atoms with E-state index >= 15 is 0 Å². The summed E-state index contributed by atoms with van der Waals surface area (Å²) < 4.78 is 48.3. The Morgan fingerprint density at radius 2 is 1.62 bits per heavy atom. The molecule has 1 heterocycles. The van der Waals surface area contributed by atoms with Crippen molar-refractivity contribution in [2.45, 2.75) is 16.2 Å². The summed E-state index contributed by atoms with van der Waals surface area (Å²) in [6.45, 7) is 0.338. The van der Waals surface area contributed by atoms with Crippen LogP contribution in [-0.2, 0) is 24.7 Å². The zero-order valence-electron chi connectivity index (χ0n) is 11.3. The third-order valence-corrected chi connectivity index (χ3v) is 6.25. The Morgan fingerprint density at radius 3 is 2.05 bits per heavy atom. The predicted octanol–water partition coefficient (Wildman–Crippen LogP) is 0.185. The number of benzene rings is 1. The van der Waals surface area contributed by atoms with Gasteiger partial charge in [-0.2, -0.15) is 4.31 Å². The maximum atomic E-state index is 12.2. The lowest BCUT2D eigenvalue weighted by Crippen LogP contribution is -2.50. The minimum Gasteiger partial charge on any atom is -0.481 e. The zero-order chi connectivity index (χ0) is 15.8. The van der Waals surface area contributed by atoms with E-state index in [2.05, 4.69) is 0 Å². The Balaban J connectivity index is 2.13. The van der Waals surface area contributed by atoms with Crippen molar-refractivity contribution in [1.82, 2.24) is 4.31 Å². The lowest BCUT2D eigenvalue weighted by molar-refractivity contribution is -0.139. The summed E-state index contributed by atoms with van der Waals surface area (Å²) in [6, 6.07) is 4.99. The molecule has 0 atom stereocenters. The molecule has 9 heteroatoms. The topological polar surface area (TPSA) is 109 Å². The van der Waals surface area contributed by atoms with Crippen LogP contribution in [0.15, 0.2) is 34.1 Å². The van der Waals surface area contributed by atoms with Crippen LogP contribution in [0.5, 0.6) is 0 Å². The SMILES string of the molecule is CS(=O)(=O)c1ccc(S(=O)(=O)N2CC(CC(=O)O)C2)cc1. The molecule has 1 aromatic carbocycles. The van der Waals surface area contributed by atoms with Crippen LogP contribution < -0.4 is 0 Å². The number of nitrogens with zero attached hydrogens (tertiary/aromatic N) is 1. The number of carboxylic acids is 1. The van der Waals surface area contributed by atoms with Crippen LogP contribution in [0.1, 0.15) is 6.42 Å². The Hall–Kier alpha value is -1.45. The van der Waals surface area contributed by atoms with E-state index in [1.54, 1.807) is 0 Å². The van der Waals surface area contributed by atoms with E-state index in [-0.39, 0.29) is 35.2 Å². The average Bonchev–Trinajstić information content (AvgIpc) is 2.32. The number of rotatable bonds is 5. The van der Waals surface area contributed by atoms with Gasteiger partial charge in [0.05, 0.1) is 16.2 Å². The number of carbonyl (C=O) groups is 1. The van der Waals surface area contributed by atoms with E-state index in [0.717, 1.165) is 6.26 Å². The van der Waals surface area contributed by atoms with Gasteiger partial charge in [0.15, 0.2) is 9.84 Å². The minimum absolute atomic E-state index is 0.00340. The highest BCUT2D eigenvalue weighted by Gasteiger charge is 2.37. The first-order valence-corrected chi connectivity index (χ1v) is 9.46. The highest BCUT2D eigenvalue weighted by atomic mass is 32.2. The second-order valence-corrected chi connectivity index (χ2v) is 8.98. The van der Waals surface area contributed by atoms with Crippen LogP contribution in [0.3, 0.4) is 0 Å². The maximum Gasteiger partial charge on any atom is 0.303 e. The number of hydrogen-bond donors (Lipinski definition) is 1. The highest BCUT2D eigenvalue weighted by molar-refractivity contribution is 7.90. The molecule has 0 bridgehead atoms. The van der Waals surface area contributed by atoms with Crippen LogP contribution in [-0.4, -0.2) is 51.6 Å². The Morgan fingerprint density at radius 1 is 1.14 bits per heavy atom. The van der Waals surface area contributed by atoms with Gasteiger partial charge in [-0.3, -0.25) is 4.79 Å². The first-order valence-electron chi connectivity index (χ1n) is 6.13. The number of hydrogen-bond acceptors (Lipinski definition) is 5. The van der Waals surface area contributed by atoms with Gasteiger partial charge in [0, 0.05) is 19.3 Å². The maximum absolute atomic E-state index is 12.2. The molecule has 1 saturated heterocycles. The van der Waals surface area contributed by atoms with E-state index in [1.807, 2.05) is 0 Å². The van der Waals surface area contributed by atoms with Crippen LogP contribution in [0.2, 0.25) is 0 Å². The largest absolute Gasteiger partial charge is 0.481 e. The van der Waals surface area contributed by atoms with Crippen molar-refractivity contribution in [3.63, 3.8) is 0 Å². The summed E-state index contributed by atoms with van der Waals surface area (Å²) in [6.07, 6.45) is 0.988. The van der Waals surface area contributed by atoms with Gasteiger partial charge >= 0.3 is 5.97 Å². The highest BCUT2D eigenvalue weighted by Crippen LogP contribution is 2.27. The second-order valence-electron chi connectivity index (χ2n) is 5.03. The number of carboxylic acid groups (broad SMARTS) is 1. The Bertz CT molecular complexity index is 745. The monoisotopic (exact) mass is 333 g/mol. The van der Waals surface area contributed by atoms with E-state index in [1.165, 1.54) is 28.6 Å². The summed E-state index contributed by atoms with van der Waals surface area (Å²) in [7, 11) is -7.06. The lowest BCUT2D eigenvalue weighted by Gasteiger charge is -2.37. The molecule has 1 aliphatic heterocycles. The van der Waals surface area contributed by atoms with Crippen molar-refractivity contribution in [3.8, 4) is 0 Å². The van der Waals surface area contributed by atoms with Gasteiger partial charge in [-0.1, -0.05) is 0 Å². The fourth-order valence-electron chi connectivity index (χ4n) is 2.10. The van der Waals surface area contributed by atoms with Crippen molar-refractivity contribution < 1.29 is 26.7 Å². The van der Waals surface area contributed by atoms with E-state index in [4.69, 9.17) is 5.11 Å². The van der Waals surface area contributed by atoms with Gasteiger partial charge < -0.3 is 5.11 Å². The molecule has 0 saturated carbocycles. The molecule has 0 aliphatic carbocycles.